The number of carbonyl (C=O) groups excluding carboxylic acids is 1. The zero-order valence-corrected chi connectivity index (χ0v) is 11.9. The van der Waals surface area contributed by atoms with Crippen LogP contribution in [0.2, 0.25) is 0 Å². The third kappa shape index (κ3) is 3.69. The maximum Gasteiger partial charge on any atom is 0.296 e. The number of ether oxygens (including phenoxy) is 1. The van der Waals surface area contributed by atoms with Crippen molar-refractivity contribution in [3.63, 3.8) is 0 Å². The molecule has 1 aromatic carbocycles. The number of nitrogens with two attached hydrogens (primary N) is 1. The van der Waals surface area contributed by atoms with Gasteiger partial charge >= 0.3 is 0 Å². The zero-order valence-electron chi connectivity index (χ0n) is 11.9. The Kier molecular flexibility index (Phi) is 4.42. The molecule has 3 N–H and O–H groups in total. The minimum absolute atomic E-state index is 0.163. The third-order valence-corrected chi connectivity index (χ3v) is 3.61. The van der Waals surface area contributed by atoms with Gasteiger partial charge in [0.25, 0.3) is 5.69 Å². The number of benzene rings is 1. The van der Waals surface area contributed by atoms with E-state index in [0.717, 1.165) is 19.3 Å². The summed E-state index contributed by atoms with van der Waals surface area (Å²) in [4.78, 5) is 22.5. The van der Waals surface area contributed by atoms with E-state index >= 15 is 0 Å². The Morgan fingerprint density at radius 2 is 2.24 bits per heavy atom. The Labute approximate surface area is 122 Å². The monoisotopic (exact) mass is 293 g/mol. The predicted octanol–water partition coefficient (Wildman–Crippen LogP) is 2.20. The lowest BCUT2D eigenvalue weighted by molar-refractivity contribution is -0.384. The molecule has 0 bridgehead atoms. The van der Waals surface area contributed by atoms with E-state index in [1.165, 1.54) is 12.1 Å². The van der Waals surface area contributed by atoms with E-state index in [2.05, 4.69) is 5.32 Å². The standard InChI is InChI=1S/C14H19N3O4/c1-2-21-10-4-5-11(12(8-10)17(19)20)16-13(18)9-14(15)6-3-7-14/h4-5,8H,2-3,6-7,9,15H2,1H3,(H,16,18). The molecule has 1 aliphatic rings. The molecule has 7 nitrogen and oxygen atoms in total. The molecule has 21 heavy (non-hydrogen) atoms. The second-order valence-electron chi connectivity index (χ2n) is 5.31. The minimum atomic E-state index is -0.542. The van der Waals surface area contributed by atoms with Crippen molar-refractivity contribution in [2.24, 2.45) is 5.73 Å². The van der Waals surface area contributed by atoms with Gasteiger partial charge in [-0.2, -0.15) is 0 Å². The van der Waals surface area contributed by atoms with E-state index in [1.807, 2.05) is 0 Å². The van der Waals surface area contributed by atoms with E-state index in [1.54, 1.807) is 13.0 Å². The van der Waals surface area contributed by atoms with E-state index < -0.39 is 10.5 Å². The van der Waals surface area contributed by atoms with Crippen LogP contribution in [0.15, 0.2) is 18.2 Å². The second kappa shape index (κ2) is 6.09. The molecule has 1 amide bonds. The molecular formula is C14H19N3O4. The Morgan fingerprint density at radius 3 is 2.76 bits per heavy atom. The van der Waals surface area contributed by atoms with E-state index in [4.69, 9.17) is 10.5 Å². The minimum Gasteiger partial charge on any atom is -0.494 e. The zero-order chi connectivity index (χ0) is 15.5. The van der Waals surface area contributed by atoms with Gasteiger partial charge in [0, 0.05) is 12.0 Å². The summed E-state index contributed by atoms with van der Waals surface area (Å²) in [5.74, 6) is 0.0981. The first-order chi connectivity index (χ1) is 9.93. The van der Waals surface area contributed by atoms with Crippen molar-refractivity contribution in [2.45, 2.75) is 38.1 Å². The fourth-order valence-electron chi connectivity index (χ4n) is 2.35. The Bertz CT molecular complexity index is 555. The van der Waals surface area contributed by atoms with Gasteiger partial charge in [0.1, 0.15) is 11.4 Å². The van der Waals surface area contributed by atoms with Gasteiger partial charge in [0.15, 0.2) is 0 Å². The molecule has 2 rings (SSSR count). The van der Waals surface area contributed by atoms with Gasteiger partial charge in [-0.05, 0) is 38.3 Å². The summed E-state index contributed by atoms with van der Waals surface area (Å²) < 4.78 is 5.23. The number of anilines is 1. The average molecular weight is 293 g/mol. The van der Waals surface area contributed by atoms with Crippen LogP contribution in [0.4, 0.5) is 11.4 Å². The fraction of sp³-hybridized carbons (Fsp3) is 0.500. The summed E-state index contributed by atoms with van der Waals surface area (Å²) in [6, 6.07) is 4.37. The topological polar surface area (TPSA) is 107 Å². The van der Waals surface area contributed by atoms with Crippen LogP contribution >= 0.6 is 0 Å². The number of carbonyl (C=O) groups is 1. The normalized spacial score (nSPS) is 15.9. The summed E-state index contributed by atoms with van der Waals surface area (Å²) in [6.07, 6.45) is 2.82. The molecule has 1 fully saturated rings. The van der Waals surface area contributed by atoms with Crippen LogP contribution in [0.3, 0.4) is 0 Å². The number of nitro benzene ring substituents is 1. The van der Waals surface area contributed by atoms with Crippen molar-refractivity contribution in [3.8, 4) is 5.75 Å². The van der Waals surface area contributed by atoms with E-state index in [-0.39, 0.29) is 23.7 Å². The molecule has 0 spiro atoms. The first-order valence-corrected chi connectivity index (χ1v) is 6.93. The Balaban J connectivity index is 2.11. The number of nitrogens with zero attached hydrogens (tertiary/aromatic N) is 1. The molecule has 1 saturated carbocycles. The fourth-order valence-corrected chi connectivity index (χ4v) is 2.35. The lowest BCUT2D eigenvalue weighted by Crippen LogP contribution is -2.48. The van der Waals surface area contributed by atoms with Crippen LogP contribution < -0.4 is 15.8 Å². The van der Waals surface area contributed by atoms with Crippen LogP contribution in [-0.4, -0.2) is 23.0 Å². The molecule has 0 saturated heterocycles. The number of hydrogen-bond donors (Lipinski definition) is 2. The number of nitro groups is 1. The molecule has 0 heterocycles. The smallest absolute Gasteiger partial charge is 0.296 e. The van der Waals surface area contributed by atoms with Crippen molar-refractivity contribution in [2.75, 3.05) is 11.9 Å². The summed E-state index contributed by atoms with van der Waals surface area (Å²) in [7, 11) is 0. The van der Waals surface area contributed by atoms with Gasteiger partial charge in [0.05, 0.1) is 17.6 Å². The molecule has 114 valence electrons. The molecule has 0 aliphatic heterocycles. The van der Waals surface area contributed by atoms with Gasteiger partial charge in [-0.3, -0.25) is 14.9 Å². The highest BCUT2D eigenvalue weighted by molar-refractivity contribution is 5.94. The highest BCUT2D eigenvalue weighted by Gasteiger charge is 2.35. The largest absolute Gasteiger partial charge is 0.494 e. The van der Waals surface area contributed by atoms with Crippen molar-refractivity contribution < 1.29 is 14.5 Å². The van der Waals surface area contributed by atoms with Gasteiger partial charge < -0.3 is 15.8 Å². The quantitative estimate of drug-likeness (QED) is 0.617. The molecule has 0 unspecified atom stereocenters. The van der Waals surface area contributed by atoms with E-state index in [9.17, 15) is 14.9 Å². The molecule has 1 aliphatic carbocycles. The summed E-state index contributed by atoms with van der Waals surface area (Å²) in [5.41, 5.74) is 5.53. The van der Waals surface area contributed by atoms with Crippen LogP contribution in [-0.2, 0) is 4.79 Å². The van der Waals surface area contributed by atoms with Gasteiger partial charge in [0.2, 0.25) is 5.91 Å². The molecule has 0 radical (unpaired) electrons. The molecule has 1 aromatic rings. The summed E-state index contributed by atoms with van der Waals surface area (Å²) in [5, 5.41) is 13.7. The maximum absolute atomic E-state index is 12.0. The van der Waals surface area contributed by atoms with Gasteiger partial charge in [-0.25, -0.2) is 0 Å². The van der Waals surface area contributed by atoms with Gasteiger partial charge in [-0.1, -0.05) is 0 Å². The van der Waals surface area contributed by atoms with Crippen molar-refractivity contribution in [1.82, 2.24) is 0 Å². The highest BCUT2D eigenvalue weighted by atomic mass is 16.6. The third-order valence-electron chi connectivity index (χ3n) is 3.61. The molecule has 0 aromatic heterocycles. The maximum atomic E-state index is 12.0. The van der Waals surface area contributed by atoms with Crippen LogP contribution in [0.1, 0.15) is 32.6 Å². The average Bonchev–Trinajstić information content (AvgIpc) is 2.38. The first-order valence-electron chi connectivity index (χ1n) is 6.93. The number of nitrogens with one attached hydrogen (secondary N) is 1. The van der Waals surface area contributed by atoms with Crippen molar-refractivity contribution >= 4 is 17.3 Å². The predicted molar refractivity (Wildman–Crippen MR) is 78.3 cm³/mol. The van der Waals surface area contributed by atoms with Crippen LogP contribution in [0.5, 0.6) is 5.75 Å². The Hall–Kier alpha value is -2.15. The second-order valence-corrected chi connectivity index (χ2v) is 5.31. The van der Waals surface area contributed by atoms with Crippen molar-refractivity contribution in [1.29, 1.82) is 0 Å². The SMILES string of the molecule is CCOc1ccc(NC(=O)CC2(N)CCC2)c([N+](=O)[O-])c1. The molecule has 0 atom stereocenters. The Morgan fingerprint density at radius 1 is 1.52 bits per heavy atom. The molecule has 7 heteroatoms. The van der Waals surface area contributed by atoms with E-state index in [0.29, 0.717) is 12.4 Å². The van der Waals surface area contributed by atoms with Gasteiger partial charge in [-0.15, -0.1) is 0 Å². The van der Waals surface area contributed by atoms with Crippen LogP contribution in [0.25, 0.3) is 0 Å². The summed E-state index contributed by atoms with van der Waals surface area (Å²) in [6.45, 7) is 2.21. The van der Waals surface area contributed by atoms with Crippen LogP contribution in [0, 0.1) is 10.1 Å². The highest BCUT2D eigenvalue weighted by Crippen LogP contribution is 2.33. The number of rotatable bonds is 6. The molecular weight excluding hydrogens is 274 g/mol. The first kappa shape index (κ1) is 15.2. The number of hydrogen-bond acceptors (Lipinski definition) is 5. The van der Waals surface area contributed by atoms with Crippen molar-refractivity contribution in [3.05, 3.63) is 28.3 Å². The lowest BCUT2D eigenvalue weighted by Gasteiger charge is -2.37. The lowest BCUT2D eigenvalue weighted by atomic mass is 9.75. The number of amides is 1. The summed E-state index contributed by atoms with van der Waals surface area (Å²) >= 11 is 0.